The average molecular weight is 251 g/mol. The molecule has 0 radical (unpaired) electrons. The van der Waals surface area contributed by atoms with Crippen molar-refractivity contribution in [1.82, 2.24) is 15.3 Å². The van der Waals surface area contributed by atoms with Gasteiger partial charge in [-0.2, -0.15) is 0 Å². The van der Waals surface area contributed by atoms with Gasteiger partial charge in [0.05, 0.1) is 0 Å². The number of rotatable bonds is 11. The summed E-state index contributed by atoms with van der Waals surface area (Å²) in [6.07, 6.45) is 14.3. The largest absolute Gasteiger partial charge is 0.349 e. The zero-order chi connectivity index (χ0) is 13.1. The summed E-state index contributed by atoms with van der Waals surface area (Å²) in [6, 6.07) is 0.576. The minimum atomic E-state index is 0.576. The third-order valence-electron chi connectivity index (χ3n) is 3.39. The van der Waals surface area contributed by atoms with Gasteiger partial charge < -0.3 is 10.3 Å². The Morgan fingerprint density at radius 2 is 1.94 bits per heavy atom. The molecule has 0 spiro atoms. The van der Waals surface area contributed by atoms with Crippen molar-refractivity contribution in [2.24, 2.45) is 0 Å². The molecule has 18 heavy (non-hydrogen) atoms. The number of hydrogen-bond donors (Lipinski definition) is 2. The highest BCUT2D eigenvalue weighted by Gasteiger charge is 2.09. The third-order valence-corrected chi connectivity index (χ3v) is 3.39. The van der Waals surface area contributed by atoms with Gasteiger partial charge in [0.25, 0.3) is 0 Å². The molecule has 2 N–H and O–H groups in total. The van der Waals surface area contributed by atoms with Crippen LogP contribution in [0.4, 0.5) is 0 Å². The van der Waals surface area contributed by atoms with Crippen LogP contribution in [0.2, 0.25) is 0 Å². The fourth-order valence-corrected chi connectivity index (χ4v) is 2.38. The number of hydrogen-bond acceptors (Lipinski definition) is 2. The van der Waals surface area contributed by atoms with Crippen molar-refractivity contribution in [1.29, 1.82) is 0 Å². The van der Waals surface area contributed by atoms with E-state index in [4.69, 9.17) is 0 Å². The summed E-state index contributed by atoms with van der Waals surface area (Å²) in [5, 5.41) is 3.56. The fourth-order valence-electron chi connectivity index (χ4n) is 2.38. The molecule has 1 aromatic rings. The van der Waals surface area contributed by atoms with Crippen molar-refractivity contribution >= 4 is 0 Å². The van der Waals surface area contributed by atoms with E-state index in [-0.39, 0.29) is 0 Å². The van der Waals surface area contributed by atoms with Crippen LogP contribution in [0.1, 0.15) is 64.6 Å². The quantitative estimate of drug-likeness (QED) is 0.589. The smallest absolute Gasteiger partial charge is 0.107 e. The van der Waals surface area contributed by atoms with Crippen LogP contribution in [0, 0.1) is 0 Å². The van der Waals surface area contributed by atoms with Gasteiger partial charge in [-0.05, 0) is 13.0 Å². The molecule has 1 unspecified atom stereocenters. The SMILES string of the molecule is CCCCCCCCC(Cc1ncc[nH]1)NCC. The topological polar surface area (TPSA) is 40.7 Å². The van der Waals surface area contributed by atoms with Gasteiger partial charge in [-0.15, -0.1) is 0 Å². The van der Waals surface area contributed by atoms with Gasteiger partial charge in [0.2, 0.25) is 0 Å². The summed E-state index contributed by atoms with van der Waals surface area (Å²) in [4.78, 5) is 7.50. The Hall–Kier alpha value is -0.830. The van der Waals surface area contributed by atoms with Crippen LogP contribution in [-0.2, 0) is 6.42 Å². The molecule has 1 heterocycles. The highest BCUT2D eigenvalue weighted by molar-refractivity contribution is 4.91. The first-order valence-electron chi connectivity index (χ1n) is 7.58. The van der Waals surface area contributed by atoms with E-state index < -0.39 is 0 Å². The monoisotopic (exact) mass is 251 g/mol. The lowest BCUT2D eigenvalue weighted by atomic mass is 10.0. The van der Waals surface area contributed by atoms with Crippen LogP contribution >= 0.6 is 0 Å². The summed E-state index contributed by atoms with van der Waals surface area (Å²) in [5.74, 6) is 1.10. The van der Waals surface area contributed by atoms with E-state index in [2.05, 4.69) is 29.1 Å². The molecule has 0 saturated carbocycles. The molecule has 3 heteroatoms. The molecule has 0 fully saturated rings. The zero-order valence-electron chi connectivity index (χ0n) is 12.0. The summed E-state index contributed by atoms with van der Waals surface area (Å²) in [5.41, 5.74) is 0. The minimum absolute atomic E-state index is 0.576. The van der Waals surface area contributed by atoms with Crippen molar-refractivity contribution in [3.05, 3.63) is 18.2 Å². The Balaban J connectivity index is 2.13. The van der Waals surface area contributed by atoms with E-state index in [9.17, 15) is 0 Å². The minimum Gasteiger partial charge on any atom is -0.349 e. The van der Waals surface area contributed by atoms with Crippen LogP contribution in [0.25, 0.3) is 0 Å². The van der Waals surface area contributed by atoms with Gasteiger partial charge in [-0.25, -0.2) is 4.98 Å². The summed E-state index contributed by atoms with van der Waals surface area (Å²) in [6.45, 7) is 5.49. The number of nitrogens with zero attached hydrogens (tertiary/aromatic N) is 1. The molecule has 3 nitrogen and oxygen atoms in total. The third kappa shape index (κ3) is 6.80. The molecule has 1 rings (SSSR count). The maximum atomic E-state index is 4.31. The zero-order valence-corrected chi connectivity index (χ0v) is 12.0. The van der Waals surface area contributed by atoms with Crippen LogP contribution in [-0.4, -0.2) is 22.6 Å². The molecular formula is C15H29N3. The molecule has 0 saturated heterocycles. The molecule has 0 aliphatic carbocycles. The predicted molar refractivity (Wildman–Crippen MR) is 77.7 cm³/mol. The normalized spacial score (nSPS) is 12.8. The van der Waals surface area contributed by atoms with Crippen molar-refractivity contribution in [2.45, 2.75) is 71.3 Å². The summed E-state index contributed by atoms with van der Waals surface area (Å²) in [7, 11) is 0. The van der Waals surface area contributed by atoms with E-state index in [1.165, 1.54) is 44.9 Å². The molecule has 0 bridgehead atoms. The van der Waals surface area contributed by atoms with Crippen LogP contribution in [0.5, 0.6) is 0 Å². The predicted octanol–water partition coefficient (Wildman–Crippen LogP) is 3.68. The van der Waals surface area contributed by atoms with E-state index in [1.807, 2.05) is 12.4 Å². The molecular weight excluding hydrogens is 222 g/mol. The van der Waals surface area contributed by atoms with E-state index in [1.54, 1.807) is 0 Å². The van der Waals surface area contributed by atoms with Crippen molar-refractivity contribution in [3.8, 4) is 0 Å². The number of nitrogens with one attached hydrogen (secondary N) is 2. The number of H-pyrrole nitrogens is 1. The second-order valence-electron chi connectivity index (χ2n) is 5.05. The summed E-state index contributed by atoms with van der Waals surface area (Å²) >= 11 is 0. The molecule has 104 valence electrons. The molecule has 0 aliphatic heterocycles. The number of aromatic nitrogens is 2. The lowest BCUT2D eigenvalue weighted by Crippen LogP contribution is -2.31. The van der Waals surface area contributed by atoms with E-state index in [0.717, 1.165) is 18.8 Å². The molecule has 0 aromatic carbocycles. The van der Waals surface area contributed by atoms with E-state index >= 15 is 0 Å². The number of aromatic amines is 1. The maximum Gasteiger partial charge on any atom is 0.107 e. The first kappa shape index (κ1) is 15.2. The highest BCUT2D eigenvalue weighted by Crippen LogP contribution is 2.10. The van der Waals surface area contributed by atoms with Gasteiger partial charge in [-0.1, -0.05) is 52.4 Å². The van der Waals surface area contributed by atoms with Crippen molar-refractivity contribution in [3.63, 3.8) is 0 Å². The first-order valence-corrected chi connectivity index (χ1v) is 7.58. The molecule has 1 atom stereocenters. The van der Waals surface area contributed by atoms with Crippen molar-refractivity contribution < 1.29 is 0 Å². The Kier molecular flexibility index (Phi) is 8.57. The van der Waals surface area contributed by atoms with Gasteiger partial charge in [-0.3, -0.25) is 0 Å². The second kappa shape index (κ2) is 10.1. The Labute approximate surface area is 112 Å². The Morgan fingerprint density at radius 3 is 2.61 bits per heavy atom. The lowest BCUT2D eigenvalue weighted by molar-refractivity contribution is 0.454. The van der Waals surface area contributed by atoms with Gasteiger partial charge in [0, 0.05) is 24.9 Å². The second-order valence-corrected chi connectivity index (χ2v) is 5.05. The molecule has 0 aliphatic rings. The fraction of sp³-hybridized carbons (Fsp3) is 0.800. The van der Waals surface area contributed by atoms with Gasteiger partial charge >= 0.3 is 0 Å². The molecule has 1 aromatic heterocycles. The average Bonchev–Trinajstić information content (AvgIpc) is 2.86. The Morgan fingerprint density at radius 1 is 1.17 bits per heavy atom. The van der Waals surface area contributed by atoms with Crippen LogP contribution in [0.3, 0.4) is 0 Å². The van der Waals surface area contributed by atoms with Crippen molar-refractivity contribution in [2.75, 3.05) is 6.54 Å². The molecule has 0 amide bonds. The van der Waals surface area contributed by atoms with Crippen LogP contribution in [0.15, 0.2) is 12.4 Å². The van der Waals surface area contributed by atoms with E-state index in [0.29, 0.717) is 6.04 Å². The highest BCUT2D eigenvalue weighted by atomic mass is 14.9. The Bertz CT molecular complexity index is 269. The summed E-state index contributed by atoms with van der Waals surface area (Å²) < 4.78 is 0. The standard InChI is InChI=1S/C15H29N3/c1-3-5-6-7-8-9-10-14(16-4-2)13-15-17-11-12-18-15/h11-12,14,16H,3-10,13H2,1-2H3,(H,17,18). The lowest BCUT2D eigenvalue weighted by Gasteiger charge is -2.16. The number of likely N-dealkylation sites (N-methyl/N-ethyl adjacent to an activating group) is 1. The van der Waals surface area contributed by atoms with Crippen LogP contribution < -0.4 is 5.32 Å². The first-order chi connectivity index (χ1) is 8.86. The maximum absolute atomic E-state index is 4.31. The number of unbranched alkanes of at least 4 members (excludes halogenated alkanes) is 5. The van der Waals surface area contributed by atoms with Gasteiger partial charge in [0.15, 0.2) is 0 Å². The van der Waals surface area contributed by atoms with Gasteiger partial charge in [0.1, 0.15) is 5.82 Å². The number of imidazole rings is 1.